The Bertz CT molecular complexity index is 719. The van der Waals surface area contributed by atoms with Crippen LogP contribution in [0.15, 0.2) is 30.3 Å². The molecule has 1 aromatic carbocycles. The molecule has 0 radical (unpaired) electrons. The highest BCUT2D eigenvalue weighted by Gasteiger charge is 2.39. The lowest BCUT2D eigenvalue weighted by atomic mass is 9.96. The third-order valence-corrected chi connectivity index (χ3v) is 6.89. The molecule has 1 heterocycles. The van der Waals surface area contributed by atoms with Gasteiger partial charge in [-0.2, -0.15) is 0 Å². The smallest absolute Gasteiger partial charge is 0.277 e. The SMILES string of the molecule is CCCCCCCCCCCCCCCCCCC1C(=O)NC(=O)N(Cc2ccccc2)C1=O. The third-order valence-electron chi connectivity index (χ3n) is 6.89. The number of carbonyl (C=O) groups excluding carboxylic acids is 3. The second-order valence-corrected chi connectivity index (χ2v) is 9.85. The Balaban J connectivity index is 1.49. The summed E-state index contributed by atoms with van der Waals surface area (Å²) in [5.74, 6) is -1.55. The molecule has 1 fully saturated rings. The second-order valence-electron chi connectivity index (χ2n) is 9.85. The molecule has 1 aliphatic heterocycles. The van der Waals surface area contributed by atoms with E-state index in [2.05, 4.69) is 12.2 Å². The van der Waals surface area contributed by atoms with Gasteiger partial charge in [-0.25, -0.2) is 4.79 Å². The van der Waals surface area contributed by atoms with Crippen molar-refractivity contribution in [2.24, 2.45) is 5.92 Å². The van der Waals surface area contributed by atoms with Gasteiger partial charge in [0, 0.05) is 0 Å². The maximum Gasteiger partial charge on any atom is 0.331 e. The van der Waals surface area contributed by atoms with E-state index in [-0.39, 0.29) is 12.5 Å². The summed E-state index contributed by atoms with van der Waals surface area (Å²) in [5, 5.41) is 2.36. The second kappa shape index (κ2) is 17.3. The lowest BCUT2D eigenvalue weighted by Gasteiger charge is -2.30. The van der Waals surface area contributed by atoms with E-state index in [0.29, 0.717) is 6.42 Å². The van der Waals surface area contributed by atoms with Crippen molar-refractivity contribution in [2.45, 2.75) is 123 Å². The molecule has 1 unspecified atom stereocenters. The molecule has 5 heteroatoms. The van der Waals surface area contributed by atoms with Crippen LogP contribution in [-0.4, -0.2) is 22.7 Å². The molecular weight excluding hydrogens is 424 g/mol. The van der Waals surface area contributed by atoms with E-state index in [4.69, 9.17) is 0 Å². The fraction of sp³-hybridized carbons (Fsp3) is 0.690. The molecule has 1 saturated heterocycles. The number of amides is 4. The number of hydrogen-bond acceptors (Lipinski definition) is 3. The quantitative estimate of drug-likeness (QED) is 0.168. The van der Waals surface area contributed by atoms with Gasteiger partial charge in [0.15, 0.2) is 0 Å². The van der Waals surface area contributed by atoms with Crippen LogP contribution in [-0.2, 0) is 16.1 Å². The Labute approximate surface area is 207 Å². The van der Waals surface area contributed by atoms with Crippen LogP contribution in [0.3, 0.4) is 0 Å². The van der Waals surface area contributed by atoms with E-state index in [1.165, 1.54) is 88.4 Å². The molecule has 0 bridgehead atoms. The maximum absolute atomic E-state index is 12.8. The monoisotopic (exact) mass is 470 g/mol. The fourth-order valence-electron chi connectivity index (χ4n) is 4.73. The average Bonchev–Trinajstić information content (AvgIpc) is 2.84. The van der Waals surface area contributed by atoms with Gasteiger partial charge in [0.25, 0.3) is 0 Å². The van der Waals surface area contributed by atoms with Gasteiger partial charge in [0.1, 0.15) is 5.92 Å². The maximum atomic E-state index is 12.8. The lowest BCUT2D eigenvalue weighted by Crippen LogP contribution is -2.57. The number of nitrogens with zero attached hydrogens (tertiary/aromatic N) is 1. The van der Waals surface area contributed by atoms with Crippen LogP contribution < -0.4 is 5.32 Å². The number of hydrogen-bond donors (Lipinski definition) is 1. The largest absolute Gasteiger partial charge is 0.331 e. The minimum absolute atomic E-state index is 0.203. The van der Waals surface area contributed by atoms with Gasteiger partial charge < -0.3 is 0 Å². The Morgan fingerprint density at radius 3 is 1.65 bits per heavy atom. The number of rotatable bonds is 19. The van der Waals surface area contributed by atoms with Gasteiger partial charge in [0.05, 0.1) is 6.54 Å². The van der Waals surface area contributed by atoms with Crippen LogP contribution in [0.25, 0.3) is 0 Å². The van der Waals surface area contributed by atoms with Gasteiger partial charge in [-0.15, -0.1) is 0 Å². The number of imide groups is 2. The van der Waals surface area contributed by atoms with Crippen LogP contribution in [0.4, 0.5) is 4.79 Å². The molecule has 0 saturated carbocycles. The Kier molecular flexibility index (Phi) is 14.3. The molecule has 5 nitrogen and oxygen atoms in total. The fourth-order valence-corrected chi connectivity index (χ4v) is 4.73. The van der Waals surface area contributed by atoms with E-state index in [1.54, 1.807) is 0 Å². The van der Waals surface area contributed by atoms with E-state index in [1.807, 2.05) is 30.3 Å². The van der Waals surface area contributed by atoms with Crippen molar-refractivity contribution in [1.29, 1.82) is 0 Å². The first-order chi connectivity index (χ1) is 16.6. The topological polar surface area (TPSA) is 66.5 Å². The highest BCUT2D eigenvalue weighted by atomic mass is 16.2. The highest BCUT2D eigenvalue weighted by molar-refractivity contribution is 6.16. The van der Waals surface area contributed by atoms with E-state index in [9.17, 15) is 14.4 Å². The predicted octanol–water partition coefficient (Wildman–Crippen LogP) is 7.53. The van der Waals surface area contributed by atoms with E-state index < -0.39 is 17.9 Å². The first-order valence-electron chi connectivity index (χ1n) is 13.8. The summed E-state index contributed by atoms with van der Waals surface area (Å²) < 4.78 is 0. The van der Waals surface area contributed by atoms with Crippen LogP contribution in [0, 0.1) is 5.92 Å². The molecule has 4 amide bonds. The first-order valence-corrected chi connectivity index (χ1v) is 13.8. The van der Waals surface area contributed by atoms with Crippen molar-refractivity contribution in [2.75, 3.05) is 0 Å². The molecule has 190 valence electrons. The molecule has 1 aliphatic rings. The summed E-state index contributed by atoms with van der Waals surface area (Å²) in [6, 6.07) is 8.79. The van der Waals surface area contributed by atoms with E-state index >= 15 is 0 Å². The summed E-state index contributed by atoms with van der Waals surface area (Å²) in [6.07, 6.45) is 21.2. The van der Waals surface area contributed by atoms with Gasteiger partial charge in [-0.1, -0.05) is 140 Å². The number of benzene rings is 1. The van der Waals surface area contributed by atoms with Crippen molar-refractivity contribution in [3.63, 3.8) is 0 Å². The molecule has 0 aromatic heterocycles. The standard InChI is InChI=1S/C29H46N2O3/c1-2-3-4-5-6-7-8-9-10-11-12-13-14-15-16-20-23-26-27(32)30-29(34)31(28(26)33)24-25-21-18-17-19-22-25/h17-19,21-22,26H,2-16,20,23-24H2,1H3,(H,30,32,34). The van der Waals surface area contributed by atoms with Crippen LogP contribution in [0.5, 0.6) is 0 Å². The number of barbiturate groups is 1. The Hall–Kier alpha value is -2.17. The molecule has 2 rings (SSSR count). The normalized spacial score (nSPS) is 16.2. The third kappa shape index (κ3) is 10.8. The number of nitrogens with one attached hydrogen (secondary N) is 1. The molecule has 1 aromatic rings. The summed E-state index contributed by atoms with van der Waals surface area (Å²) in [4.78, 5) is 38.3. The zero-order valence-electron chi connectivity index (χ0n) is 21.4. The van der Waals surface area contributed by atoms with E-state index in [0.717, 1.165) is 24.8 Å². The lowest BCUT2D eigenvalue weighted by molar-refractivity contribution is -0.143. The number of unbranched alkanes of at least 4 members (excludes halogenated alkanes) is 15. The molecule has 0 spiro atoms. The van der Waals surface area contributed by atoms with Crippen LogP contribution in [0.1, 0.15) is 122 Å². The van der Waals surface area contributed by atoms with Gasteiger partial charge in [-0.05, 0) is 12.0 Å². The van der Waals surface area contributed by atoms with Gasteiger partial charge in [0.2, 0.25) is 11.8 Å². The van der Waals surface area contributed by atoms with Gasteiger partial charge in [-0.3, -0.25) is 19.8 Å². The van der Waals surface area contributed by atoms with Crippen LogP contribution >= 0.6 is 0 Å². The molecular formula is C29H46N2O3. The zero-order chi connectivity index (χ0) is 24.4. The number of carbonyl (C=O) groups is 3. The van der Waals surface area contributed by atoms with Crippen molar-refractivity contribution < 1.29 is 14.4 Å². The summed E-state index contributed by atoms with van der Waals surface area (Å²) in [7, 11) is 0. The summed E-state index contributed by atoms with van der Waals surface area (Å²) in [5.41, 5.74) is 0.876. The van der Waals surface area contributed by atoms with Crippen molar-refractivity contribution in [3.05, 3.63) is 35.9 Å². The minimum atomic E-state index is -0.743. The predicted molar refractivity (Wildman–Crippen MR) is 138 cm³/mol. The van der Waals surface area contributed by atoms with Crippen molar-refractivity contribution in [1.82, 2.24) is 10.2 Å². The molecule has 0 aliphatic carbocycles. The average molecular weight is 471 g/mol. The molecule has 1 N–H and O–H groups in total. The zero-order valence-corrected chi connectivity index (χ0v) is 21.4. The number of urea groups is 1. The summed E-state index contributed by atoms with van der Waals surface area (Å²) in [6.45, 7) is 2.47. The highest BCUT2D eigenvalue weighted by Crippen LogP contribution is 2.21. The molecule has 34 heavy (non-hydrogen) atoms. The van der Waals surface area contributed by atoms with Crippen molar-refractivity contribution in [3.8, 4) is 0 Å². The Morgan fingerprint density at radius 1 is 0.676 bits per heavy atom. The Morgan fingerprint density at radius 2 is 1.15 bits per heavy atom. The molecule has 1 atom stereocenters. The van der Waals surface area contributed by atoms with Crippen LogP contribution in [0.2, 0.25) is 0 Å². The van der Waals surface area contributed by atoms with Gasteiger partial charge >= 0.3 is 6.03 Å². The minimum Gasteiger partial charge on any atom is -0.277 e. The van der Waals surface area contributed by atoms with Crippen molar-refractivity contribution >= 4 is 17.8 Å². The summed E-state index contributed by atoms with van der Waals surface area (Å²) >= 11 is 0. The first kappa shape index (κ1) is 28.1.